The molecular formula is C13H19NO3. The Morgan fingerprint density at radius 3 is 2.18 bits per heavy atom. The molecule has 0 aliphatic rings. The van der Waals surface area contributed by atoms with Crippen LogP contribution in [-0.4, -0.2) is 18.2 Å². The van der Waals surface area contributed by atoms with Gasteiger partial charge >= 0.3 is 5.97 Å². The van der Waals surface area contributed by atoms with Gasteiger partial charge in [0.05, 0.1) is 13.0 Å². The molecule has 2 atom stereocenters. The molecule has 0 saturated heterocycles. The number of rotatable bonds is 4. The first-order valence-corrected chi connectivity index (χ1v) is 5.52. The number of carboxylic acid groups (broad SMARTS) is 1. The molecule has 0 aromatic heterocycles. The van der Waals surface area contributed by atoms with Crippen molar-refractivity contribution in [3.63, 3.8) is 0 Å². The highest BCUT2D eigenvalue weighted by molar-refractivity contribution is 5.70. The quantitative estimate of drug-likeness (QED) is 0.840. The van der Waals surface area contributed by atoms with E-state index >= 15 is 0 Å². The van der Waals surface area contributed by atoms with E-state index in [1.807, 2.05) is 26.0 Å². The second-order valence-corrected chi connectivity index (χ2v) is 4.34. The Bertz CT molecular complexity index is 406. The van der Waals surface area contributed by atoms with Gasteiger partial charge in [0, 0.05) is 6.04 Å². The van der Waals surface area contributed by atoms with Crippen LogP contribution in [0.2, 0.25) is 0 Å². The summed E-state index contributed by atoms with van der Waals surface area (Å²) < 4.78 is 5.26. The molecule has 94 valence electrons. The molecule has 0 saturated carbocycles. The van der Waals surface area contributed by atoms with Crippen LogP contribution in [0.1, 0.15) is 29.7 Å². The van der Waals surface area contributed by atoms with Gasteiger partial charge < -0.3 is 15.6 Å². The van der Waals surface area contributed by atoms with Gasteiger partial charge in [-0.15, -0.1) is 0 Å². The van der Waals surface area contributed by atoms with Crippen molar-refractivity contribution in [2.45, 2.75) is 26.8 Å². The summed E-state index contributed by atoms with van der Waals surface area (Å²) in [6.45, 7) is 5.46. The summed E-state index contributed by atoms with van der Waals surface area (Å²) in [5.41, 5.74) is 8.71. The number of hydrogen-bond acceptors (Lipinski definition) is 3. The first-order valence-electron chi connectivity index (χ1n) is 5.52. The van der Waals surface area contributed by atoms with Crippen LogP contribution in [0.15, 0.2) is 12.1 Å². The fraction of sp³-hybridized carbons (Fsp3) is 0.462. The lowest BCUT2D eigenvalue weighted by Crippen LogP contribution is -2.25. The van der Waals surface area contributed by atoms with Crippen LogP contribution in [0.25, 0.3) is 0 Å². The van der Waals surface area contributed by atoms with E-state index in [0.29, 0.717) is 0 Å². The monoisotopic (exact) mass is 237 g/mol. The molecule has 3 N–H and O–H groups in total. The maximum absolute atomic E-state index is 10.9. The van der Waals surface area contributed by atoms with Crippen LogP contribution < -0.4 is 10.5 Å². The first-order chi connectivity index (χ1) is 7.88. The number of methoxy groups -OCH3 is 1. The van der Waals surface area contributed by atoms with E-state index in [4.69, 9.17) is 15.6 Å². The van der Waals surface area contributed by atoms with Gasteiger partial charge in [-0.2, -0.15) is 0 Å². The molecule has 0 aliphatic carbocycles. The first kappa shape index (κ1) is 13.5. The third kappa shape index (κ3) is 2.77. The van der Waals surface area contributed by atoms with Gasteiger partial charge in [0.25, 0.3) is 0 Å². The lowest BCUT2D eigenvalue weighted by atomic mass is 9.92. The van der Waals surface area contributed by atoms with E-state index in [9.17, 15) is 4.79 Å². The Hall–Kier alpha value is -1.55. The topological polar surface area (TPSA) is 72.5 Å². The molecule has 1 rings (SSSR count). The van der Waals surface area contributed by atoms with E-state index in [1.54, 1.807) is 14.0 Å². The van der Waals surface area contributed by atoms with Gasteiger partial charge in [-0.25, -0.2) is 0 Å². The van der Waals surface area contributed by atoms with Crippen LogP contribution in [0.5, 0.6) is 5.75 Å². The van der Waals surface area contributed by atoms with Crippen molar-refractivity contribution in [2.24, 2.45) is 11.7 Å². The molecule has 0 fully saturated rings. The molecule has 2 unspecified atom stereocenters. The van der Waals surface area contributed by atoms with E-state index in [2.05, 4.69) is 0 Å². The van der Waals surface area contributed by atoms with Crippen LogP contribution in [0, 0.1) is 19.8 Å². The summed E-state index contributed by atoms with van der Waals surface area (Å²) in [5, 5.41) is 8.95. The smallest absolute Gasteiger partial charge is 0.308 e. The third-order valence-electron chi connectivity index (χ3n) is 3.00. The standard InChI is InChI=1S/C13H19NO3/c1-7-5-10(6-8(2)12(7)17-4)11(14)9(3)13(15)16/h5-6,9,11H,14H2,1-4H3,(H,15,16). The van der Waals surface area contributed by atoms with Crippen molar-refractivity contribution in [2.75, 3.05) is 7.11 Å². The molecule has 0 radical (unpaired) electrons. The summed E-state index contributed by atoms with van der Waals surface area (Å²) >= 11 is 0. The van der Waals surface area contributed by atoms with Gasteiger partial charge in [0.1, 0.15) is 5.75 Å². The fourth-order valence-electron chi connectivity index (χ4n) is 1.94. The predicted octanol–water partition coefficient (Wildman–Crippen LogP) is 2.03. The highest BCUT2D eigenvalue weighted by atomic mass is 16.5. The van der Waals surface area contributed by atoms with E-state index in [1.165, 1.54) is 0 Å². The van der Waals surface area contributed by atoms with E-state index in [0.717, 1.165) is 22.4 Å². The summed E-state index contributed by atoms with van der Waals surface area (Å²) in [6, 6.07) is 3.27. The second-order valence-electron chi connectivity index (χ2n) is 4.34. The molecule has 0 aliphatic heterocycles. The average Bonchev–Trinajstić information content (AvgIpc) is 2.26. The van der Waals surface area contributed by atoms with Crippen LogP contribution in [-0.2, 0) is 4.79 Å². The molecule has 0 spiro atoms. The molecule has 17 heavy (non-hydrogen) atoms. The number of hydrogen-bond donors (Lipinski definition) is 2. The lowest BCUT2D eigenvalue weighted by molar-refractivity contribution is -0.141. The Morgan fingerprint density at radius 1 is 1.35 bits per heavy atom. The van der Waals surface area contributed by atoms with Crippen LogP contribution >= 0.6 is 0 Å². The van der Waals surface area contributed by atoms with Gasteiger partial charge in [0.15, 0.2) is 0 Å². The van der Waals surface area contributed by atoms with E-state index in [-0.39, 0.29) is 0 Å². The zero-order valence-electron chi connectivity index (χ0n) is 10.7. The highest BCUT2D eigenvalue weighted by Gasteiger charge is 2.22. The van der Waals surface area contributed by atoms with Crippen molar-refractivity contribution >= 4 is 5.97 Å². The second kappa shape index (κ2) is 5.19. The SMILES string of the molecule is COc1c(C)cc(C(N)C(C)C(=O)O)cc1C. The van der Waals surface area contributed by atoms with Crippen molar-refractivity contribution in [3.05, 3.63) is 28.8 Å². The summed E-state index contributed by atoms with van der Waals surface area (Å²) in [5.74, 6) is -0.672. The number of carbonyl (C=O) groups is 1. The molecule has 4 nitrogen and oxygen atoms in total. The van der Waals surface area contributed by atoms with Gasteiger partial charge in [-0.05, 0) is 30.5 Å². The number of carboxylic acids is 1. The predicted molar refractivity (Wildman–Crippen MR) is 66.2 cm³/mol. The Balaban J connectivity index is 3.12. The summed E-state index contributed by atoms with van der Waals surface area (Å²) in [6.07, 6.45) is 0. The molecular weight excluding hydrogens is 218 g/mol. The molecule has 0 bridgehead atoms. The third-order valence-corrected chi connectivity index (χ3v) is 3.00. The highest BCUT2D eigenvalue weighted by Crippen LogP contribution is 2.29. The number of benzene rings is 1. The van der Waals surface area contributed by atoms with Crippen molar-refractivity contribution in [3.8, 4) is 5.75 Å². The lowest BCUT2D eigenvalue weighted by Gasteiger charge is -2.19. The Labute approximate surface area is 101 Å². The molecule has 4 heteroatoms. The molecule has 1 aromatic rings. The average molecular weight is 237 g/mol. The van der Waals surface area contributed by atoms with Crippen molar-refractivity contribution in [1.29, 1.82) is 0 Å². The van der Waals surface area contributed by atoms with Gasteiger partial charge in [-0.3, -0.25) is 4.79 Å². The Morgan fingerprint density at radius 2 is 1.82 bits per heavy atom. The maximum atomic E-state index is 10.9. The largest absolute Gasteiger partial charge is 0.496 e. The summed E-state index contributed by atoms with van der Waals surface area (Å²) in [4.78, 5) is 10.9. The van der Waals surface area contributed by atoms with Crippen LogP contribution in [0.4, 0.5) is 0 Å². The zero-order chi connectivity index (χ0) is 13.2. The number of ether oxygens (including phenoxy) is 1. The van der Waals surface area contributed by atoms with Gasteiger partial charge in [0.2, 0.25) is 0 Å². The Kier molecular flexibility index (Phi) is 4.12. The normalized spacial score (nSPS) is 14.2. The van der Waals surface area contributed by atoms with Crippen molar-refractivity contribution < 1.29 is 14.6 Å². The number of nitrogens with two attached hydrogens (primary N) is 1. The minimum absolute atomic E-state index is 0.504. The molecule has 0 heterocycles. The maximum Gasteiger partial charge on any atom is 0.308 e. The fourth-order valence-corrected chi connectivity index (χ4v) is 1.94. The van der Waals surface area contributed by atoms with Crippen molar-refractivity contribution in [1.82, 2.24) is 0 Å². The van der Waals surface area contributed by atoms with Crippen LogP contribution in [0.3, 0.4) is 0 Å². The summed E-state index contributed by atoms with van der Waals surface area (Å²) in [7, 11) is 1.62. The number of aliphatic carboxylic acids is 1. The minimum Gasteiger partial charge on any atom is -0.496 e. The molecule has 1 aromatic carbocycles. The number of aryl methyl sites for hydroxylation is 2. The molecule has 0 amide bonds. The van der Waals surface area contributed by atoms with Gasteiger partial charge in [-0.1, -0.05) is 19.1 Å². The van der Waals surface area contributed by atoms with E-state index < -0.39 is 17.9 Å². The zero-order valence-corrected chi connectivity index (χ0v) is 10.7. The minimum atomic E-state index is -0.886.